The first-order valence-electron chi connectivity index (χ1n) is 6.79. The SMILES string of the molecule is O=C(O)c1ccccc1CCNCC1CCCC1. The van der Waals surface area contributed by atoms with Crippen LogP contribution in [-0.2, 0) is 6.42 Å². The highest BCUT2D eigenvalue weighted by Gasteiger charge is 2.14. The van der Waals surface area contributed by atoms with Gasteiger partial charge in [-0.15, -0.1) is 0 Å². The fourth-order valence-electron chi connectivity index (χ4n) is 2.69. The zero-order valence-electron chi connectivity index (χ0n) is 10.7. The van der Waals surface area contributed by atoms with Gasteiger partial charge in [-0.1, -0.05) is 31.0 Å². The van der Waals surface area contributed by atoms with Crippen molar-refractivity contribution in [2.45, 2.75) is 32.1 Å². The summed E-state index contributed by atoms with van der Waals surface area (Å²) in [4.78, 5) is 11.0. The lowest BCUT2D eigenvalue weighted by atomic mass is 10.0. The molecule has 3 heteroatoms. The van der Waals surface area contributed by atoms with E-state index in [0.717, 1.165) is 31.0 Å². The lowest BCUT2D eigenvalue weighted by Crippen LogP contribution is -2.24. The standard InChI is InChI=1S/C15H21NO2/c17-15(18)14-8-4-3-7-13(14)9-10-16-11-12-5-1-2-6-12/h3-4,7-8,12,16H,1-2,5-6,9-11H2,(H,17,18). The van der Waals surface area contributed by atoms with Crippen molar-refractivity contribution >= 4 is 5.97 Å². The molecule has 1 aromatic rings. The predicted molar refractivity (Wildman–Crippen MR) is 71.9 cm³/mol. The number of hydrogen-bond donors (Lipinski definition) is 2. The zero-order chi connectivity index (χ0) is 12.8. The van der Waals surface area contributed by atoms with Gasteiger partial charge >= 0.3 is 5.97 Å². The minimum absolute atomic E-state index is 0.431. The molecular formula is C15H21NO2. The van der Waals surface area contributed by atoms with Gasteiger partial charge in [-0.25, -0.2) is 4.79 Å². The van der Waals surface area contributed by atoms with Crippen molar-refractivity contribution in [1.82, 2.24) is 5.32 Å². The van der Waals surface area contributed by atoms with Gasteiger partial charge in [-0.05, 0) is 49.9 Å². The average molecular weight is 247 g/mol. The Hall–Kier alpha value is -1.35. The van der Waals surface area contributed by atoms with Crippen LogP contribution in [0.2, 0.25) is 0 Å². The van der Waals surface area contributed by atoms with Crippen molar-refractivity contribution in [2.75, 3.05) is 13.1 Å². The van der Waals surface area contributed by atoms with Crippen LogP contribution in [0.3, 0.4) is 0 Å². The summed E-state index contributed by atoms with van der Waals surface area (Å²) >= 11 is 0. The summed E-state index contributed by atoms with van der Waals surface area (Å²) in [6.45, 7) is 1.94. The second-order valence-electron chi connectivity index (χ2n) is 5.07. The average Bonchev–Trinajstić information content (AvgIpc) is 2.88. The molecule has 2 N–H and O–H groups in total. The molecule has 1 fully saturated rings. The Morgan fingerprint density at radius 3 is 2.72 bits per heavy atom. The van der Waals surface area contributed by atoms with Crippen molar-refractivity contribution in [3.63, 3.8) is 0 Å². The monoisotopic (exact) mass is 247 g/mol. The first-order chi connectivity index (χ1) is 8.77. The first-order valence-corrected chi connectivity index (χ1v) is 6.79. The molecule has 0 amide bonds. The Bertz CT molecular complexity index is 397. The van der Waals surface area contributed by atoms with Crippen LogP contribution >= 0.6 is 0 Å². The van der Waals surface area contributed by atoms with Gasteiger partial charge in [-0.2, -0.15) is 0 Å². The number of nitrogens with one attached hydrogen (secondary N) is 1. The zero-order valence-corrected chi connectivity index (χ0v) is 10.7. The van der Waals surface area contributed by atoms with Crippen LogP contribution < -0.4 is 5.32 Å². The molecule has 0 atom stereocenters. The highest BCUT2D eigenvalue weighted by molar-refractivity contribution is 5.89. The van der Waals surface area contributed by atoms with Gasteiger partial charge < -0.3 is 10.4 Å². The third kappa shape index (κ3) is 3.57. The van der Waals surface area contributed by atoms with E-state index in [9.17, 15) is 4.79 Å². The molecule has 0 bridgehead atoms. The van der Waals surface area contributed by atoms with E-state index in [1.165, 1.54) is 25.7 Å². The van der Waals surface area contributed by atoms with E-state index in [1.807, 2.05) is 12.1 Å². The third-order valence-corrected chi connectivity index (χ3v) is 3.73. The Kier molecular flexibility index (Phi) is 4.76. The molecular weight excluding hydrogens is 226 g/mol. The highest BCUT2D eigenvalue weighted by atomic mass is 16.4. The molecule has 1 aromatic carbocycles. The van der Waals surface area contributed by atoms with Crippen LogP contribution in [0.1, 0.15) is 41.6 Å². The van der Waals surface area contributed by atoms with Crippen LogP contribution in [0.25, 0.3) is 0 Å². The largest absolute Gasteiger partial charge is 0.478 e. The normalized spacial score (nSPS) is 16.0. The molecule has 0 radical (unpaired) electrons. The highest BCUT2D eigenvalue weighted by Crippen LogP contribution is 2.23. The van der Waals surface area contributed by atoms with E-state index in [0.29, 0.717) is 5.56 Å². The fourth-order valence-corrected chi connectivity index (χ4v) is 2.69. The minimum Gasteiger partial charge on any atom is -0.478 e. The molecule has 0 unspecified atom stereocenters. The van der Waals surface area contributed by atoms with Gasteiger partial charge in [0.2, 0.25) is 0 Å². The summed E-state index contributed by atoms with van der Waals surface area (Å²) in [5, 5.41) is 12.5. The summed E-state index contributed by atoms with van der Waals surface area (Å²) in [6, 6.07) is 7.26. The number of benzene rings is 1. The lowest BCUT2D eigenvalue weighted by molar-refractivity contribution is 0.0695. The van der Waals surface area contributed by atoms with Crippen molar-refractivity contribution in [3.05, 3.63) is 35.4 Å². The predicted octanol–water partition coefficient (Wildman–Crippen LogP) is 2.71. The Balaban J connectivity index is 1.77. The van der Waals surface area contributed by atoms with E-state index < -0.39 is 5.97 Å². The molecule has 0 aliphatic heterocycles. The number of rotatable bonds is 6. The maximum Gasteiger partial charge on any atom is 0.335 e. The Morgan fingerprint density at radius 2 is 2.00 bits per heavy atom. The number of aromatic carboxylic acids is 1. The van der Waals surface area contributed by atoms with Crippen LogP contribution in [0.15, 0.2) is 24.3 Å². The summed E-state index contributed by atoms with van der Waals surface area (Å²) in [7, 11) is 0. The van der Waals surface area contributed by atoms with Crippen molar-refractivity contribution < 1.29 is 9.90 Å². The molecule has 0 spiro atoms. The van der Waals surface area contributed by atoms with Gasteiger partial charge in [0.15, 0.2) is 0 Å². The molecule has 0 heterocycles. The molecule has 1 aliphatic rings. The van der Waals surface area contributed by atoms with Gasteiger partial charge in [0.1, 0.15) is 0 Å². The van der Waals surface area contributed by atoms with E-state index in [1.54, 1.807) is 12.1 Å². The first kappa shape index (κ1) is 13.1. The Morgan fingerprint density at radius 1 is 1.28 bits per heavy atom. The van der Waals surface area contributed by atoms with Crippen LogP contribution in [0.4, 0.5) is 0 Å². The second-order valence-corrected chi connectivity index (χ2v) is 5.07. The number of carboxylic acid groups (broad SMARTS) is 1. The molecule has 0 aromatic heterocycles. The van der Waals surface area contributed by atoms with E-state index in [2.05, 4.69) is 5.32 Å². The summed E-state index contributed by atoms with van der Waals surface area (Å²) < 4.78 is 0. The molecule has 18 heavy (non-hydrogen) atoms. The smallest absolute Gasteiger partial charge is 0.335 e. The maximum absolute atomic E-state index is 11.0. The van der Waals surface area contributed by atoms with E-state index in [-0.39, 0.29) is 0 Å². The van der Waals surface area contributed by atoms with Crippen molar-refractivity contribution in [2.24, 2.45) is 5.92 Å². The van der Waals surface area contributed by atoms with E-state index in [4.69, 9.17) is 5.11 Å². The second kappa shape index (κ2) is 6.55. The fraction of sp³-hybridized carbons (Fsp3) is 0.533. The molecule has 98 valence electrons. The van der Waals surface area contributed by atoms with Crippen LogP contribution in [-0.4, -0.2) is 24.2 Å². The minimum atomic E-state index is -0.832. The molecule has 1 aliphatic carbocycles. The third-order valence-electron chi connectivity index (χ3n) is 3.73. The van der Waals surface area contributed by atoms with Crippen molar-refractivity contribution in [3.8, 4) is 0 Å². The quantitative estimate of drug-likeness (QED) is 0.760. The number of carboxylic acids is 1. The van der Waals surface area contributed by atoms with Gasteiger partial charge in [0.05, 0.1) is 5.56 Å². The van der Waals surface area contributed by atoms with Crippen LogP contribution in [0.5, 0.6) is 0 Å². The van der Waals surface area contributed by atoms with Gasteiger partial charge in [0.25, 0.3) is 0 Å². The molecule has 2 rings (SSSR count). The number of carbonyl (C=O) groups is 1. The molecule has 1 saturated carbocycles. The summed E-state index contributed by atoms with van der Waals surface area (Å²) in [5.41, 5.74) is 1.35. The van der Waals surface area contributed by atoms with Gasteiger partial charge in [-0.3, -0.25) is 0 Å². The Labute approximate surface area is 108 Å². The maximum atomic E-state index is 11.0. The molecule has 3 nitrogen and oxygen atoms in total. The summed E-state index contributed by atoms with van der Waals surface area (Å²) in [6.07, 6.45) is 6.22. The van der Waals surface area contributed by atoms with Crippen LogP contribution in [0, 0.1) is 5.92 Å². The van der Waals surface area contributed by atoms with E-state index >= 15 is 0 Å². The van der Waals surface area contributed by atoms with Gasteiger partial charge in [0, 0.05) is 0 Å². The topological polar surface area (TPSA) is 49.3 Å². The molecule has 0 saturated heterocycles. The lowest BCUT2D eigenvalue weighted by Gasteiger charge is -2.11. The van der Waals surface area contributed by atoms with Crippen molar-refractivity contribution in [1.29, 1.82) is 0 Å². The summed E-state index contributed by atoms with van der Waals surface area (Å²) in [5.74, 6) is 0.00103. The number of hydrogen-bond acceptors (Lipinski definition) is 2.